The molecule has 1 saturated carbocycles. The van der Waals surface area contributed by atoms with E-state index in [-0.39, 0.29) is 11.6 Å². The zero-order valence-corrected chi connectivity index (χ0v) is 11.1. The molecule has 0 atom stereocenters. The number of benzene rings is 1. The quantitative estimate of drug-likeness (QED) is 0.813. The molecule has 0 spiro atoms. The average molecular weight is 282 g/mol. The molecule has 0 aromatic heterocycles. The molecule has 6 heteroatoms. The molecule has 0 radical (unpaired) electrons. The summed E-state index contributed by atoms with van der Waals surface area (Å²) < 4.78 is 26.2. The molecule has 0 heterocycles. The van der Waals surface area contributed by atoms with E-state index in [1.807, 2.05) is 6.92 Å². The standard InChI is InChI=1S/C14H16F2N2O2/c1-2-7-17-12(19)14(5-6-14)13(20)18-11-4-3-9(15)8-10(11)16/h3-4,8H,2,5-7H2,1H3,(H,17,19)(H,18,20). The average Bonchev–Trinajstić information content (AvgIpc) is 3.20. The van der Waals surface area contributed by atoms with E-state index >= 15 is 0 Å². The summed E-state index contributed by atoms with van der Waals surface area (Å²) in [4.78, 5) is 24.0. The van der Waals surface area contributed by atoms with Crippen LogP contribution in [0.5, 0.6) is 0 Å². The van der Waals surface area contributed by atoms with Gasteiger partial charge in [-0.15, -0.1) is 0 Å². The van der Waals surface area contributed by atoms with E-state index in [1.165, 1.54) is 0 Å². The minimum absolute atomic E-state index is 0.119. The fourth-order valence-electron chi connectivity index (χ4n) is 1.92. The number of hydrogen-bond donors (Lipinski definition) is 2. The Morgan fingerprint density at radius 3 is 2.50 bits per heavy atom. The third-order valence-electron chi connectivity index (χ3n) is 3.33. The van der Waals surface area contributed by atoms with Gasteiger partial charge in [0.15, 0.2) is 0 Å². The highest BCUT2D eigenvalue weighted by Crippen LogP contribution is 2.46. The van der Waals surface area contributed by atoms with Crippen molar-refractivity contribution < 1.29 is 18.4 Å². The SMILES string of the molecule is CCCNC(=O)C1(C(=O)Nc2ccc(F)cc2F)CC1. The number of halogens is 2. The molecule has 1 aliphatic rings. The van der Waals surface area contributed by atoms with Gasteiger partial charge in [0, 0.05) is 12.6 Å². The number of nitrogens with one attached hydrogen (secondary N) is 2. The lowest BCUT2D eigenvalue weighted by atomic mass is 10.0. The molecule has 0 bridgehead atoms. The Bertz CT molecular complexity index is 542. The minimum Gasteiger partial charge on any atom is -0.355 e. The van der Waals surface area contributed by atoms with Crippen molar-refractivity contribution in [3.05, 3.63) is 29.8 Å². The molecule has 2 N–H and O–H groups in total. The van der Waals surface area contributed by atoms with Crippen molar-refractivity contribution in [3.8, 4) is 0 Å². The van der Waals surface area contributed by atoms with E-state index in [0.717, 1.165) is 18.6 Å². The largest absolute Gasteiger partial charge is 0.355 e. The first-order valence-electron chi connectivity index (χ1n) is 6.54. The molecule has 1 aromatic carbocycles. The van der Waals surface area contributed by atoms with Crippen LogP contribution in [-0.2, 0) is 9.59 Å². The summed E-state index contributed by atoms with van der Waals surface area (Å²) in [5, 5.41) is 5.03. The Morgan fingerprint density at radius 1 is 1.25 bits per heavy atom. The van der Waals surface area contributed by atoms with Crippen LogP contribution in [0.3, 0.4) is 0 Å². The minimum atomic E-state index is -1.10. The summed E-state index contributed by atoms with van der Waals surface area (Å²) in [7, 11) is 0. The van der Waals surface area contributed by atoms with Crippen molar-refractivity contribution in [1.29, 1.82) is 0 Å². The zero-order chi connectivity index (χ0) is 14.8. The first kappa shape index (κ1) is 14.4. The van der Waals surface area contributed by atoms with E-state index in [0.29, 0.717) is 25.5 Å². The summed E-state index contributed by atoms with van der Waals surface area (Å²) in [6, 6.07) is 2.88. The number of hydrogen-bond acceptors (Lipinski definition) is 2. The van der Waals surface area contributed by atoms with Gasteiger partial charge in [-0.3, -0.25) is 9.59 Å². The maximum atomic E-state index is 13.5. The van der Waals surface area contributed by atoms with E-state index in [9.17, 15) is 18.4 Å². The Labute approximate surface area is 115 Å². The normalized spacial score (nSPS) is 15.6. The van der Waals surface area contributed by atoms with E-state index in [1.54, 1.807) is 0 Å². The third-order valence-corrected chi connectivity index (χ3v) is 3.33. The number of carbonyl (C=O) groups excluding carboxylic acids is 2. The first-order valence-corrected chi connectivity index (χ1v) is 6.54. The van der Waals surface area contributed by atoms with Crippen LogP contribution >= 0.6 is 0 Å². The highest BCUT2D eigenvalue weighted by atomic mass is 19.1. The van der Waals surface area contributed by atoms with Crippen LogP contribution in [0.4, 0.5) is 14.5 Å². The van der Waals surface area contributed by atoms with Crippen molar-refractivity contribution in [2.45, 2.75) is 26.2 Å². The van der Waals surface area contributed by atoms with Crippen LogP contribution in [0.25, 0.3) is 0 Å². The number of amides is 2. The molecule has 1 aliphatic carbocycles. The maximum absolute atomic E-state index is 13.5. The number of carbonyl (C=O) groups is 2. The van der Waals surface area contributed by atoms with Gasteiger partial charge in [0.1, 0.15) is 17.0 Å². The van der Waals surface area contributed by atoms with Crippen LogP contribution in [0.2, 0.25) is 0 Å². The highest BCUT2D eigenvalue weighted by Gasteiger charge is 2.56. The summed E-state index contributed by atoms with van der Waals surface area (Å²) in [6.07, 6.45) is 1.66. The van der Waals surface area contributed by atoms with Crippen LogP contribution in [0.15, 0.2) is 18.2 Å². The molecule has 0 aliphatic heterocycles. The predicted octanol–water partition coefficient (Wildman–Crippen LogP) is 2.21. The van der Waals surface area contributed by atoms with Gasteiger partial charge in [0.25, 0.3) is 0 Å². The van der Waals surface area contributed by atoms with Crippen molar-refractivity contribution in [1.82, 2.24) is 5.32 Å². The smallest absolute Gasteiger partial charge is 0.240 e. The van der Waals surface area contributed by atoms with Gasteiger partial charge in [-0.25, -0.2) is 8.78 Å². The van der Waals surface area contributed by atoms with Gasteiger partial charge in [-0.2, -0.15) is 0 Å². The predicted molar refractivity (Wildman–Crippen MR) is 70.0 cm³/mol. The molecule has 20 heavy (non-hydrogen) atoms. The van der Waals surface area contributed by atoms with Crippen LogP contribution in [-0.4, -0.2) is 18.4 Å². The molecule has 1 aromatic rings. The lowest BCUT2D eigenvalue weighted by molar-refractivity contribution is -0.134. The van der Waals surface area contributed by atoms with Gasteiger partial charge in [0.05, 0.1) is 5.69 Å². The topological polar surface area (TPSA) is 58.2 Å². The third kappa shape index (κ3) is 2.79. The van der Waals surface area contributed by atoms with Gasteiger partial charge >= 0.3 is 0 Å². The van der Waals surface area contributed by atoms with Gasteiger partial charge < -0.3 is 10.6 Å². The number of rotatable bonds is 5. The molecule has 4 nitrogen and oxygen atoms in total. The van der Waals surface area contributed by atoms with E-state index in [2.05, 4.69) is 10.6 Å². The molecule has 0 unspecified atom stereocenters. The van der Waals surface area contributed by atoms with E-state index < -0.39 is 23.0 Å². The van der Waals surface area contributed by atoms with Gasteiger partial charge in [-0.1, -0.05) is 6.92 Å². The van der Waals surface area contributed by atoms with E-state index in [4.69, 9.17) is 0 Å². The second kappa shape index (κ2) is 5.56. The molecule has 2 rings (SSSR count). The maximum Gasteiger partial charge on any atom is 0.240 e. The van der Waals surface area contributed by atoms with Crippen molar-refractivity contribution in [3.63, 3.8) is 0 Å². The highest BCUT2D eigenvalue weighted by molar-refractivity contribution is 6.13. The van der Waals surface area contributed by atoms with Crippen LogP contribution in [0, 0.1) is 17.0 Å². The number of anilines is 1. The van der Waals surface area contributed by atoms with Crippen molar-refractivity contribution >= 4 is 17.5 Å². The molecule has 0 saturated heterocycles. The lowest BCUT2D eigenvalue weighted by Gasteiger charge is -2.15. The molecule has 1 fully saturated rings. The molecule has 108 valence electrons. The summed E-state index contributed by atoms with van der Waals surface area (Å²) in [6.45, 7) is 2.41. The zero-order valence-electron chi connectivity index (χ0n) is 11.1. The first-order chi connectivity index (χ1) is 9.49. The summed E-state index contributed by atoms with van der Waals surface area (Å²) in [5.74, 6) is -2.46. The summed E-state index contributed by atoms with van der Waals surface area (Å²) >= 11 is 0. The molecular weight excluding hydrogens is 266 g/mol. The molecule has 2 amide bonds. The second-order valence-electron chi connectivity index (χ2n) is 4.92. The fraction of sp³-hybridized carbons (Fsp3) is 0.429. The van der Waals surface area contributed by atoms with Crippen molar-refractivity contribution in [2.75, 3.05) is 11.9 Å². The Balaban J connectivity index is 2.06. The summed E-state index contributed by atoms with van der Waals surface area (Å²) in [5.41, 5.74) is -1.22. The van der Waals surface area contributed by atoms with Crippen LogP contribution < -0.4 is 10.6 Å². The second-order valence-corrected chi connectivity index (χ2v) is 4.92. The molecular formula is C14H16F2N2O2. The lowest BCUT2D eigenvalue weighted by Crippen LogP contribution is -2.40. The van der Waals surface area contributed by atoms with Crippen molar-refractivity contribution in [2.24, 2.45) is 5.41 Å². The Hall–Kier alpha value is -1.98. The van der Waals surface area contributed by atoms with Gasteiger partial charge in [-0.05, 0) is 31.4 Å². The monoisotopic (exact) mass is 282 g/mol. The fourth-order valence-corrected chi connectivity index (χ4v) is 1.92. The van der Waals surface area contributed by atoms with Gasteiger partial charge in [0.2, 0.25) is 11.8 Å². The Morgan fingerprint density at radius 2 is 1.95 bits per heavy atom. The Kier molecular flexibility index (Phi) is 4.01. The van der Waals surface area contributed by atoms with Crippen LogP contribution in [0.1, 0.15) is 26.2 Å².